The van der Waals surface area contributed by atoms with Crippen molar-refractivity contribution < 1.29 is 9.90 Å². The Morgan fingerprint density at radius 1 is 1.50 bits per heavy atom. The number of carboxylic acid groups (broad SMARTS) is 1. The maximum Gasteiger partial charge on any atom is 0.336 e. The van der Waals surface area contributed by atoms with Crippen LogP contribution in [-0.2, 0) is 12.8 Å². The first-order valence-electron chi connectivity index (χ1n) is 5.37. The summed E-state index contributed by atoms with van der Waals surface area (Å²) in [4.78, 5) is 25.1. The SMILES string of the molecule is CC1(C)CCc2[nH]c(=O)cc(C(=O)O)c2C1. The van der Waals surface area contributed by atoms with Gasteiger partial charge in [0.1, 0.15) is 0 Å². The average Bonchev–Trinajstić information content (AvgIpc) is 2.16. The summed E-state index contributed by atoms with van der Waals surface area (Å²) in [7, 11) is 0. The highest BCUT2D eigenvalue weighted by atomic mass is 16.4. The van der Waals surface area contributed by atoms with Crippen LogP contribution in [0.4, 0.5) is 0 Å². The number of hydrogen-bond donors (Lipinski definition) is 2. The van der Waals surface area contributed by atoms with Crippen LogP contribution in [0.25, 0.3) is 0 Å². The Bertz CT molecular complexity index is 499. The summed E-state index contributed by atoms with van der Waals surface area (Å²) in [5, 5.41) is 9.08. The van der Waals surface area contributed by atoms with Gasteiger partial charge in [-0.2, -0.15) is 0 Å². The number of aryl methyl sites for hydroxylation is 1. The second-order valence-electron chi connectivity index (χ2n) is 5.15. The molecule has 0 atom stereocenters. The molecule has 0 unspecified atom stereocenters. The molecule has 86 valence electrons. The molecule has 0 aromatic carbocycles. The molecule has 0 aliphatic heterocycles. The van der Waals surface area contributed by atoms with Gasteiger partial charge in [0.15, 0.2) is 0 Å². The zero-order valence-corrected chi connectivity index (χ0v) is 9.46. The van der Waals surface area contributed by atoms with E-state index in [0.717, 1.165) is 24.1 Å². The Morgan fingerprint density at radius 2 is 2.19 bits per heavy atom. The third kappa shape index (κ3) is 1.87. The van der Waals surface area contributed by atoms with Gasteiger partial charge in [0.05, 0.1) is 5.56 Å². The highest BCUT2D eigenvalue weighted by molar-refractivity contribution is 5.89. The molecule has 4 nitrogen and oxygen atoms in total. The number of hydrogen-bond acceptors (Lipinski definition) is 2. The van der Waals surface area contributed by atoms with E-state index in [1.165, 1.54) is 6.07 Å². The zero-order chi connectivity index (χ0) is 11.9. The predicted octanol–water partition coefficient (Wildman–Crippen LogP) is 1.59. The van der Waals surface area contributed by atoms with Crippen LogP contribution in [-0.4, -0.2) is 16.1 Å². The Balaban J connectivity index is 2.60. The summed E-state index contributed by atoms with van der Waals surface area (Å²) in [5.74, 6) is -1.01. The lowest BCUT2D eigenvalue weighted by molar-refractivity contribution is 0.0694. The number of aromatic carboxylic acids is 1. The molecule has 4 heteroatoms. The van der Waals surface area contributed by atoms with Crippen LogP contribution in [0.3, 0.4) is 0 Å². The first-order valence-corrected chi connectivity index (χ1v) is 5.37. The van der Waals surface area contributed by atoms with Gasteiger partial charge in [0.25, 0.3) is 0 Å². The minimum absolute atomic E-state index is 0.107. The molecular formula is C12H15NO3. The molecule has 0 saturated heterocycles. The summed E-state index contributed by atoms with van der Waals surface area (Å²) in [5.41, 5.74) is 1.53. The lowest BCUT2D eigenvalue weighted by atomic mass is 9.75. The molecule has 0 spiro atoms. The number of aromatic nitrogens is 1. The summed E-state index contributed by atoms with van der Waals surface area (Å²) < 4.78 is 0. The maximum atomic E-state index is 11.3. The number of carboxylic acids is 1. The number of nitrogens with one attached hydrogen (secondary N) is 1. The third-order valence-electron chi connectivity index (χ3n) is 3.18. The molecule has 0 bridgehead atoms. The van der Waals surface area contributed by atoms with Gasteiger partial charge in [0.2, 0.25) is 5.56 Å². The molecule has 2 N–H and O–H groups in total. The van der Waals surface area contributed by atoms with E-state index in [1.807, 2.05) is 0 Å². The highest BCUT2D eigenvalue weighted by Gasteiger charge is 2.29. The quantitative estimate of drug-likeness (QED) is 0.756. The van der Waals surface area contributed by atoms with Crippen LogP contribution in [0.5, 0.6) is 0 Å². The molecule has 0 radical (unpaired) electrons. The fourth-order valence-electron chi connectivity index (χ4n) is 2.28. The minimum atomic E-state index is -1.01. The summed E-state index contributed by atoms with van der Waals surface area (Å²) in [6.45, 7) is 4.24. The van der Waals surface area contributed by atoms with Gasteiger partial charge in [-0.25, -0.2) is 4.79 Å². The van der Waals surface area contributed by atoms with Gasteiger partial charge in [-0.1, -0.05) is 13.8 Å². The molecular weight excluding hydrogens is 206 g/mol. The van der Waals surface area contributed by atoms with Crippen LogP contribution >= 0.6 is 0 Å². The van der Waals surface area contributed by atoms with Crippen LogP contribution in [0, 0.1) is 5.41 Å². The fraction of sp³-hybridized carbons (Fsp3) is 0.500. The lowest BCUT2D eigenvalue weighted by Crippen LogP contribution is -2.28. The van der Waals surface area contributed by atoms with Crippen molar-refractivity contribution in [2.24, 2.45) is 5.41 Å². The molecule has 0 saturated carbocycles. The summed E-state index contributed by atoms with van der Waals surface area (Å²) in [6, 6.07) is 1.18. The van der Waals surface area contributed by atoms with Gasteiger partial charge < -0.3 is 10.1 Å². The molecule has 1 aromatic rings. The van der Waals surface area contributed by atoms with E-state index in [9.17, 15) is 9.59 Å². The maximum absolute atomic E-state index is 11.3. The number of aromatic amines is 1. The Hall–Kier alpha value is -1.58. The van der Waals surface area contributed by atoms with Crippen molar-refractivity contribution in [3.8, 4) is 0 Å². The molecule has 1 aromatic heterocycles. The highest BCUT2D eigenvalue weighted by Crippen LogP contribution is 2.34. The number of rotatable bonds is 1. The van der Waals surface area contributed by atoms with Crippen LogP contribution < -0.4 is 5.56 Å². The molecule has 16 heavy (non-hydrogen) atoms. The van der Waals surface area contributed by atoms with Gasteiger partial charge in [-0.3, -0.25) is 4.79 Å². The predicted molar refractivity (Wildman–Crippen MR) is 59.8 cm³/mol. The molecule has 1 aliphatic carbocycles. The Kier molecular flexibility index (Phi) is 2.37. The van der Waals surface area contributed by atoms with Crippen molar-refractivity contribution in [3.63, 3.8) is 0 Å². The van der Waals surface area contributed by atoms with E-state index in [0.29, 0.717) is 6.42 Å². The van der Waals surface area contributed by atoms with Gasteiger partial charge in [0, 0.05) is 11.8 Å². The topological polar surface area (TPSA) is 70.2 Å². The zero-order valence-electron chi connectivity index (χ0n) is 9.46. The Labute approximate surface area is 93.3 Å². The monoisotopic (exact) mass is 221 g/mol. The number of carbonyl (C=O) groups is 1. The first-order chi connectivity index (χ1) is 7.39. The largest absolute Gasteiger partial charge is 0.478 e. The van der Waals surface area contributed by atoms with Crippen molar-refractivity contribution in [2.45, 2.75) is 33.1 Å². The average molecular weight is 221 g/mol. The molecule has 2 rings (SSSR count). The van der Waals surface area contributed by atoms with Gasteiger partial charge >= 0.3 is 5.97 Å². The van der Waals surface area contributed by atoms with E-state index in [2.05, 4.69) is 18.8 Å². The number of pyridine rings is 1. The molecule has 1 aliphatic rings. The third-order valence-corrected chi connectivity index (χ3v) is 3.18. The standard InChI is InChI=1S/C12H15NO3/c1-12(2)4-3-9-8(6-12)7(11(15)16)5-10(14)13-9/h5H,3-4,6H2,1-2H3,(H,13,14)(H,15,16). The lowest BCUT2D eigenvalue weighted by Gasteiger charge is -2.31. The summed E-state index contributed by atoms with van der Waals surface area (Å²) in [6.07, 6.45) is 2.43. The smallest absolute Gasteiger partial charge is 0.336 e. The number of fused-ring (bicyclic) bond motifs is 1. The second-order valence-corrected chi connectivity index (χ2v) is 5.15. The second kappa shape index (κ2) is 3.47. The van der Waals surface area contributed by atoms with E-state index in [1.54, 1.807) is 0 Å². The Morgan fingerprint density at radius 3 is 2.81 bits per heavy atom. The normalized spacial score (nSPS) is 17.9. The minimum Gasteiger partial charge on any atom is -0.478 e. The number of H-pyrrole nitrogens is 1. The first kappa shape index (κ1) is 10.9. The van der Waals surface area contributed by atoms with Gasteiger partial charge in [-0.05, 0) is 30.2 Å². The van der Waals surface area contributed by atoms with Crippen LogP contribution in [0.15, 0.2) is 10.9 Å². The van der Waals surface area contributed by atoms with Crippen molar-refractivity contribution in [2.75, 3.05) is 0 Å². The van der Waals surface area contributed by atoms with E-state index < -0.39 is 5.97 Å². The van der Waals surface area contributed by atoms with Crippen molar-refractivity contribution in [1.82, 2.24) is 4.98 Å². The van der Waals surface area contributed by atoms with E-state index >= 15 is 0 Å². The summed E-state index contributed by atoms with van der Waals surface area (Å²) >= 11 is 0. The van der Waals surface area contributed by atoms with Gasteiger partial charge in [-0.15, -0.1) is 0 Å². The fourth-order valence-corrected chi connectivity index (χ4v) is 2.28. The van der Waals surface area contributed by atoms with Crippen molar-refractivity contribution in [1.29, 1.82) is 0 Å². The van der Waals surface area contributed by atoms with Crippen molar-refractivity contribution >= 4 is 5.97 Å². The molecule has 0 amide bonds. The van der Waals surface area contributed by atoms with E-state index in [-0.39, 0.29) is 16.5 Å². The van der Waals surface area contributed by atoms with Crippen molar-refractivity contribution in [3.05, 3.63) is 33.2 Å². The van der Waals surface area contributed by atoms with E-state index in [4.69, 9.17) is 5.11 Å². The molecule has 1 heterocycles. The van der Waals surface area contributed by atoms with Crippen LogP contribution in [0.2, 0.25) is 0 Å². The molecule has 0 fully saturated rings. The van der Waals surface area contributed by atoms with Crippen LogP contribution in [0.1, 0.15) is 41.9 Å².